The molecule has 9 heteroatoms. The third kappa shape index (κ3) is 3.77. The predicted octanol–water partition coefficient (Wildman–Crippen LogP) is 2.67. The van der Waals surface area contributed by atoms with E-state index in [1.165, 1.54) is 25.3 Å². The molecule has 0 aromatic heterocycles. The molecular weight excluding hydrogens is 392 g/mol. The Balaban J connectivity index is 1.86. The van der Waals surface area contributed by atoms with E-state index in [1.807, 2.05) is 0 Å². The summed E-state index contributed by atoms with van der Waals surface area (Å²) in [7, 11) is -2.65. The summed E-state index contributed by atoms with van der Waals surface area (Å²) in [6.07, 6.45) is 0.0914. The average Bonchev–Trinajstić information content (AvgIpc) is 3.05. The van der Waals surface area contributed by atoms with Gasteiger partial charge in [0.05, 0.1) is 17.0 Å². The molecule has 0 aliphatic carbocycles. The van der Waals surface area contributed by atoms with E-state index in [2.05, 4.69) is 5.32 Å². The Morgan fingerprint density at radius 3 is 2.56 bits per heavy atom. The van der Waals surface area contributed by atoms with Gasteiger partial charge >= 0.3 is 0 Å². The number of carbonyl (C=O) groups is 2. The zero-order chi connectivity index (χ0) is 19.6. The first-order valence-corrected chi connectivity index (χ1v) is 9.93. The number of sulfonamides is 1. The predicted molar refractivity (Wildman–Crippen MR) is 100 cm³/mol. The van der Waals surface area contributed by atoms with Crippen molar-refractivity contribution >= 4 is 39.1 Å². The number of anilines is 1. The van der Waals surface area contributed by atoms with Gasteiger partial charge in [0.25, 0.3) is 10.0 Å². The first-order chi connectivity index (χ1) is 12.8. The van der Waals surface area contributed by atoms with Gasteiger partial charge in [0.1, 0.15) is 11.8 Å². The Labute approximate surface area is 161 Å². The maximum atomic E-state index is 12.8. The summed E-state index contributed by atoms with van der Waals surface area (Å²) >= 11 is 6.04. The van der Waals surface area contributed by atoms with Gasteiger partial charge in [-0.05, 0) is 36.8 Å². The van der Waals surface area contributed by atoms with E-state index < -0.39 is 27.9 Å². The molecule has 142 valence electrons. The summed E-state index contributed by atoms with van der Waals surface area (Å²) in [5.74, 6) is -0.757. The Bertz CT molecular complexity index is 979. The molecule has 7 nitrogen and oxygen atoms in total. The first-order valence-electron chi connectivity index (χ1n) is 8.11. The maximum Gasteiger partial charge on any atom is 0.267 e. The molecule has 1 aliphatic rings. The van der Waals surface area contributed by atoms with Crippen molar-refractivity contribution in [2.75, 3.05) is 12.4 Å². The second-order valence-corrected chi connectivity index (χ2v) is 8.12. The molecule has 1 heterocycles. The van der Waals surface area contributed by atoms with Crippen LogP contribution in [0.4, 0.5) is 5.69 Å². The summed E-state index contributed by atoms with van der Waals surface area (Å²) in [6, 6.07) is 11.1. The van der Waals surface area contributed by atoms with Gasteiger partial charge < -0.3 is 10.1 Å². The van der Waals surface area contributed by atoms with Crippen molar-refractivity contribution in [2.24, 2.45) is 0 Å². The van der Waals surface area contributed by atoms with E-state index in [0.29, 0.717) is 20.8 Å². The van der Waals surface area contributed by atoms with Crippen molar-refractivity contribution in [2.45, 2.75) is 23.8 Å². The van der Waals surface area contributed by atoms with Crippen molar-refractivity contribution in [3.8, 4) is 5.75 Å². The highest BCUT2D eigenvalue weighted by Gasteiger charge is 2.44. The zero-order valence-electron chi connectivity index (χ0n) is 14.4. The average molecular weight is 409 g/mol. The molecule has 0 bridgehead atoms. The lowest BCUT2D eigenvalue weighted by Crippen LogP contribution is -2.45. The van der Waals surface area contributed by atoms with Gasteiger partial charge in [-0.2, -0.15) is 0 Å². The highest BCUT2D eigenvalue weighted by atomic mass is 35.5. The quantitative estimate of drug-likeness (QED) is 0.821. The maximum absolute atomic E-state index is 12.8. The lowest BCUT2D eigenvalue weighted by atomic mass is 10.2. The van der Waals surface area contributed by atoms with Gasteiger partial charge in [-0.1, -0.05) is 29.8 Å². The molecule has 1 saturated heterocycles. The number of hydrogen-bond donors (Lipinski definition) is 1. The molecule has 0 radical (unpaired) electrons. The summed E-state index contributed by atoms with van der Waals surface area (Å²) in [5, 5.41) is 2.91. The van der Waals surface area contributed by atoms with Crippen molar-refractivity contribution in [3.63, 3.8) is 0 Å². The monoisotopic (exact) mass is 408 g/mol. The van der Waals surface area contributed by atoms with E-state index in [4.69, 9.17) is 16.3 Å². The molecular formula is C18H17ClN2O5S. The number of methoxy groups -OCH3 is 1. The number of nitrogens with one attached hydrogen (secondary N) is 1. The molecule has 0 saturated carbocycles. The fourth-order valence-electron chi connectivity index (χ4n) is 2.88. The SMILES string of the molecule is COc1ccc(NC(=O)[C@@H]2CCC(=O)N2S(=O)(=O)c2ccccc2)cc1Cl. The number of carbonyl (C=O) groups excluding carboxylic acids is 2. The zero-order valence-corrected chi connectivity index (χ0v) is 16.0. The van der Waals surface area contributed by atoms with Gasteiger partial charge in [0.15, 0.2) is 0 Å². The molecule has 2 amide bonds. The lowest BCUT2D eigenvalue weighted by molar-refractivity contribution is -0.128. The van der Waals surface area contributed by atoms with Crippen LogP contribution in [0.15, 0.2) is 53.4 Å². The Morgan fingerprint density at radius 2 is 1.93 bits per heavy atom. The first kappa shape index (κ1) is 19.2. The summed E-state index contributed by atoms with van der Waals surface area (Å²) in [4.78, 5) is 24.9. The molecule has 2 aromatic rings. The van der Waals surface area contributed by atoms with Crippen LogP contribution in [-0.4, -0.2) is 37.7 Å². The van der Waals surface area contributed by atoms with Gasteiger partial charge in [-0.15, -0.1) is 0 Å². The number of benzene rings is 2. The molecule has 1 N–H and O–H groups in total. The summed E-state index contributed by atoms with van der Waals surface area (Å²) < 4.78 is 31.4. The van der Waals surface area contributed by atoms with Crippen molar-refractivity contribution in [1.82, 2.24) is 4.31 Å². The summed E-state index contributed by atoms with van der Waals surface area (Å²) in [5.41, 5.74) is 0.377. The van der Waals surface area contributed by atoms with E-state index in [0.717, 1.165) is 0 Å². The van der Waals surface area contributed by atoms with E-state index in [-0.39, 0.29) is 17.7 Å². The van der Waals surface area contributed by atoms with Crippen LogP contribution in [-0.2, 0) is 19.6 Å². The Hall–Kier alpha value is -2.58. The summed E-state index contributed by atoms with van der Waals surface area (Å²) in [6.45, 7) is 0. The minimum absolute atomic E-state index is 0.0203. The molecule has 27 heavy (non-hydrogen) atoms. The fourth-order valence-corrected chi connectivity index (χ4v) is 4.76. The van der Waals surface area contributed by atoms with Gasteiger partial charge in [-0.3, -0.25) is 9.59 Å². The minimum Gasteiger partial charge on any atom is -0.495 e. The smallest absolute Gasteiger partial charge is 0.267 e. The molecule has 0 unspecified atom stereocenters. The second-order valence-electron chi connectivity index (χ2n) is 5.90. The highest BCUT2D eigenvalue weighted by Crippen LogP contribution is 2.30. The van der Waals surface area contributed by atoms with Gasteiger partial charge in [0, 0.05) is 12.1 Å². The number of halogens is 1. The lowest BCUT2D eigenvalue weighted by Gasteiger charge is -2.23. The van der Waals surface area contributed by atoms with Crippen LogP contribution in [0, 0.1) is 0 Å². The van der Waals surface area contributed by atoms with Crippen LogP contribution >= 0.6 is 11.6 Å². The van der Waals surface area contributed by atoms with Crippen LogP contribution in [0.25, 0.3) is 0 Å². The van der Waals surface area contributed by atoms with Crippen molar-refractivity contribution in [3.05, 3.63) is 53.6 Å². The largest absolute Gasteiger partial charge is 0.495 e. The molecule has 1 atom stereocenters. The standard InChI is InChI=1S/C18H17ClN2O5S/c1-26-16-9-7-12(11-14(16)19)20-18(23)15-8-10-17(22)21(15)27(24,25)13-5-3-2-4-6-13/h2-7,9,11,15H,8,10H2,1H3,(H,20,23)/t15-/m0/s1. The van der Waals surface area contributed by atoms with E-state index >= 15 is 0 Å². The molecule has 1 aliphatic heterocycles. The van der Waals surface area contributed by atoms with Gasteiger partial charge in [-0.25, -0.2) is 12.7 Å². The number of hydrogen-bond acceptors (Lipinski definition) is 5. The van der Waals surface area contributed by atoms with Crippen LogP contribution in [0.3, 0.4) is 0 Å². The topological polar surface area (TPSA) is 92.8 Å². The normalized spacial score (nSPS) is 17.0. The molecule has 1 fully saturated rings. The highest BCUT2D eigenvalue weighted by molar-refractivity contribution is 7.89. The number of amides is 2. The van der Waals surface area contributed by atoms with Gasteiger partial charge in [0.2, 0.25) is 11.8 Å². The van der Waals surface area contributed by atoms with Crippen molar-refractivity contribution < 1.29 is 22.7 Å². The number of nitrogens with zero attached hydrogens (tertiary/aromatic N) is 1. The van der Waals surface area contributed by atoms with E-state index in [1.54, 1.807) is 30.3 Å². The Morgan fingerprint density at radius 1 is 1.22 bits per heavy atom. The van der Waals surface area contributed by atoms with Crippen LogP contribution in [0.2, 0.25) is 5.02 Å². The van der Waals surface area contributed by atoms with E-state index in [9.17, 15) is 18.0 Å². The van der Waals surface area contributed by atoms with Crippen LogP contribution < -0.4 is 10.1 Å². The van der Waals surface area contributed by atoms with Crippen molar-refractivity contribution in [1.29, 1.82) is 0 Å². The van der Waals surface area contributed by atoms with Crippen LogP contribution in [0.5, 0.6) is 5.75 Å². The molecule has 2 aromatic carbocycles. The number of rotatable bonds is 5. The number of ether oxygens (including phenoxy) is 1. The second kappa shape index (κ2) is 7.58. The Kier molecular flexibility index (Phi) is 5.38. The third-order valence-electron chi connectivity index (χ3n) is 4.18. The third-order valence-corrected chi connectivity index (χ3v) is 6.32. The molecule has 3 rings (SSSR count). The van der Waals surface area contributed by atoms with Crippen LogP contribution in [0.1, 0.15) is 12.8 Å². The molecule has 0 spiro atoms. The fraction of sp³-hybridized carbons (Fsp3) is 0.222. The minimum atomic E-state index is -4.12.